The summed E-state index contributed by atoms with van der Waals surface area (Å²) in [4.78, 5) is 22.9. The number of anilines is 1. The highest BCUT2D eigenvalue weighted by molar-refractivity contribution is 6.00. The third-order valence-corrected chi connectivity index (χ3v) is 2.60. The number of benzene rings is 1. The molecule has 0 saturated heterocycles. The van der Waals surface area contributed by atoms with Gasteiger partial charge in [-0.15, -0.1) is 0 Å². The Balaban J connectivity index is 3.35. The minimum absolute atomic E-state index is 0.00565. The Morgan fingerprint density at radius 1 is 1.33 bits per heavy atom. The van der Waals surface area contributed by atoms with Crippen LogP contribution in [0.15, 0.2) is 6.07 Å². The lowest BCUT2D eigenvalue weighted by Gasteiger charge is -2.15. The van der Waals surface area contributed by atoms with E-state index in [0.717, 1.165) is 0 Å². The highest BCUT2D eigenvalue weighted by atomic mass is 16.5. The van der Waals surface area contributed by atoms with Gasteiger partial charge in [-0.1, -0.05) is 0 Å². The summed E-state index contributed by atoms with van der Waals surface area (Å²) in [5.74, 6) is -1.59. The minimum Gasteiger partial charge on any atom is -0.478 e. The quantitative estimate of drug-likeness (QED) is 0.634. The molecule has 0 bridgehead atoms. The second-order valence-electron chi connectivity index (χ2n) is 4.41. The Morgan fingerprint density at radius 2 is 1.89 bits per heavy atom. The zero-order valence-corrected chi connectivity index (χ0v) is 10.9. The van der Waals surface area contributed by atoms with Crippen LogP contribution in [0.3, 0.4) is 0 Å². The molecule has 0 unspecified atom stereocenters. The van der Waals surface area contributed by atoms with Crippen molar-refractivity contribution >= 4 is 17.6 Å². The van der Waals surface area contributed by atoms with Crippen LogP contribution in [0.25, 0.3) is 0 Å². The first-order chi connectivity index (χ1) is 8.25. The Bertz CT molecular complexity index is 506. The molecule has 0 radical (unpaired) electrons. The van der Waals surface area contributed by atoms with Crippen LogP contribution in [0.1, 0.15) is 45.7 Å². The zero-order chi connectivity index (χ0) is 14.0. The van der Waals surface area contributed by atoms with Crippen LogP contribution in [-0.4, -0.2) is 23.1 Å². The second kappa shape index (κ2) is 5.08. The summed E-state index contributed by atoms with van der Waals surface area (Å²) in [6.07, 6.45) is -0.239. The third-order valence-electron chi connectivity index (χ3n) is 2.60. The molecule has 0 amide bonds. The average Bonchev–Trinajstić information content (AvgIpc) is 2.22. The number of ether oxygens (including phenoxy) is 1. The Hall–Kier alpha value is -2.04. The number of nitrogen functional groups attached to an aromatic ring is 1. The molecule has 0 aliphatic carbocycles. The molecule has 18 heavy (non-hydrogen) atoms. The molecule has 0 heterocycles. The van der Waals surface area contributed by atoms with E-state index < -0.39 is 11.9 Å². The fraction of sp³-hybridized carbons (Fsp3) is 0.385. The van der Waals surface area contributed by atoms with Crippen molar-refractivity contribution in [3.05, 3.63) is 28.3 Å². The summed E-state index contributed by atoms with van der Waals surface area (Å²) >= 11 is 0. The Kier molecular flexibility index (Phi) is 3.96. The first kappa shape index (κ1) is 14.0. The van der Waals surface area contributed by atoms with Gasteiger partial charge < -0.3 is 15.6 Å². The van der Waals surface area contributed by atoms with Crippen molar-refractivity contribution in [2.75, 3.05) is 5.73 Å². The molecule has 0 saturated carbocycles. The number of carbonyl (C=O) groups is 2. The van der Waals surface area contributed by atoms with E-state index in [1.54, 1.807) is 27.7 Å². The van der Waals surface area contributed by atoms with Crippen molar-refractivity contribution in [3.63, 3.8) is 0 Å². The van der Waals surface area contributed by atoms with Crippen molar-refractivity contribution < 1.29 is 19.4 Å². The molecule has 5 heteroatoms. The normalized spacial score (nSPS) is 10.5. The number of carboxylic acid groups (broad SMARTS) is 1. The van der Waals surface area contributed by atoms with E-state index in [1.165, 1.54) is 6.07 Å². The van der Waals surface area contributed by atoms with E-state index in [-0.39, 0.29) is 17.4 Å². The zero-order valence-electron chi connectivity index (χ0n) is 10.9. The van der Waals surface area contributed by atoms with Crippen LogP contribution in [0.5, 0.6) is 0 Å². The van der Waals surface area contributed by atoms with E-state index >= 15 is 0 Å². The number of rotatable bonds is 3. The molecule has 0 spiro atoms. The van der Waals surface area contributed by atoms with Crippen LogP contribution in [0, 0.1) is 13.8 Å². The highest BCUT2D eigenvalue weighted by Gasteiger charge is 2.21. The van der Waals surface area contributed by atoms with E-state index in [2.05, 4.69) is 0 Å². The number of hydrogen-bond acceptors (Lipinski definition) is 4. The maximum atomic E-state index is 11.9. The number of nitrogens with two attached hydrogens (primary N) is 1. The van der Waals surface area contributed by atoms with Gasteiger partial charge >= 0.3 is 11.9 Å². The molecule has 1 rings (SSSR count). The average molecular weight is 251 g/mol. The van der Waals surface area contributed by atoms with Crippen LogP contribution in [0.2, 0.25) is 0 Å². The van der Waals surface area contributed by atoms with Gasteiger partial charge in [0.2, 0.25) is 0 Å². The number of carbonyl (C=O) groups excluding carboxylic acids is 1. The summed E-state index contributed by atoms with van der Waals surface area (Å²) in [5, 5.41) is 8.99. The molecule has 0 atom stereocenters. The summed E-state index contributed by atoms with van der Waals surface area (Å²) in [7, 11) is 0. The van der Waals surface area contributed by atoms with Gasteiger partial charge in [0.25, 0.3) is 0 Å². The van der Waals surface area contributed by atoms with Crippen LogP contribution in [-0.2, 0) is 4.74 Å². The Labute approximate surface area is 106 Å². The lowest BCUT2D eigenvalue weighted by Crippen LogP contribution is -2.16. The van der Waals surface area contributed by atoms with Crippen LogP contribution >= 0.6 is 0 Å². The second-order valence-corrected chi connectivity index (χ2v) is 4.41. The van der Waals surface area contributed by atoms with Gasteiger partial charge in [-0.3, -0.25) is 0 Å². The van der Waals surface area contributed by atoms with E-state index in [0.29, 0.717) is 16.7 Å². The number of aryl methyl sites for hydroxylation is 1. The van der Waals surface area contributed by atoms with Crippen LogP contribution < -0.4 is 5.73 Å². The predicted molar refractivity (Wildman–Crippen MR) is 67.8 cm³/mol. The minimum atomic E-state index is -1.11. The predicted octanol–water partition coefficient (Wildman–Crippen LogP) is 2.15. The molecule has 1 aromatic rings. The molecule has 0 aliphatic rings. The summed E-state index contributed by atoms with van der Waals surface area (Å²) < 4.78 is 5.11. The molecular weight excluding hydrogens is 234 g/mol. The van der Waals surface area contributed by atoms with Gasteiger partial charge in [-0.2, -0.15) is 0 Å². The molecule has 1 aromatic carbocycles. The number of aromatic carboxylic acids is 1. The first-order valence-electron chi connectivity index (χ1n) is 5.59. The highest BCUT2D eigenvalue weighted by Crippen LogP contribution is 2.25. The third kappa shape index (κ3) is 2.61. The molecule has 98 valence electrons. The molecule has 5 nitrogen and oxygen atoms in total. The number of hydrogen-bond donors (Lipinski definition) is 2. The summed E-state index contributed by atoms with van der Waals surface area (Å²) in [6.45, 7) is 6.77. The maximum absolute atomic E-state index is 11.9. The van der Waals surface area contributed by atoms with Crippen molar-refractivity contribution in [1.82, 2.24) is 0 Å². The van der Waals surface area contributed by atoms with Crippen molar-refractivity contribution in [2.24, 2.45) is 0 Å². The molecule has 3 N–H and O–H groups in total. The van der Waals surface area contributed by atoms with Crippen molar-refractivity contribution in [3.8, 4) is 0 Å². The van der Waals surface area contributed by atoms with E-state index in [4.69, 9.17) is 15.6 Å². The lowest BCUT2D eigenvalue weighted by molar-refractivity contribution is 0.0375. The van der Waals surface area contributed by atoms with Crippen LogP contribution in [0.4, 0.5) is 5.69 Å². The SMILES string of the molecule is Cc1cc(C(=O)O)c(N)c(C)c1C(=O)OC(C)C. The van der Waals surface area contributed by atoms with Gasteiger partial charge in [0, 0.05) is 5.69 Å². The van der Waals surface area contributed by atoms with E-state index in [1.807, 2.05) is 0 Å². The van der Waals surface area contributed by atoms with Gasteiger partial charge in [-0.25, -0.2) is 9.59 Å². The molecule has 0 aromatic heterocycles. The van der Waals surface area contributed by atoms with E-state index in [9.17, 15) is 9.59 Å². The first-order valence-corrected chi connectivity index (χ1v) is 5.59. The van der Waals surface area contributed by atoms with Crippen molar-refractivity contribution in [2.45, 2.75) is 33.8 Å². The summed E-state index contributed by atoms with van der Waals surface area (Å²) in [5.41, 5.74) is 7.17. The number of carboxylic acids is 1. The standard InChI is InChI=1S/C13H17NO4/c1-6(2)18-13(17)10-7(3)5-9(12(15)16)11(14)8(10)4/h5-6H,14H2,1-4H3,(H,15,16). The topological polar surface area (TPSA) is 89.6 Å². The molecule has 0 aliphatic heterocycles. The van der Waals surface area contributed by atoms with Gasteiger partial charge in [0.05, 0.1) is 17.2 Å². The molecule has 0 fully saturated rings. The monoisotopic (exact) mass is 251 g/mol. The Morgan fingerprint density at radius 3 is 2.33 bits per heavy atom. The fourth-order valence-corrected chi connectivity index (χ4v) is 1.76. The van der Waals surface area contributed by atoms with Gasteiger partial charge in [0.1, 0.15) is 0 Å². The number of esters is 1. The maximum Gasteiger partial charge on any atom is 0.338 e. The lowest BCUT2D eigenvalue weighted by atomic mass is 9.97. The van der Waals surface area contributed by atoms with Gasteiger partial charge in [0.15, 0.2) is 0 Å². The summed E-state index contributed by atoms with van der Waals surface area (Å²) in [6, 6.07) is 1.39. The van der Waals surface area contributed by atoms with Crippen molar-refractivity contribution in [1.29, 1.82) is 0 Å². The smallest absolute Gasteiger partial charge is 0.338 e. The van der Waals surface area contributed by atoms with Gasteiger partial charge in [-0.05, 0) is 44.9 Å². The molecular formula is C13H17NO4. The largest absolute Gasteiger partial charge is 0.478 e. The fourth-order valence-electron chi connectivity index (χ4n) is 1.76.